The molecular formula is C18H19N3O3S. The summed E-state index contributed by atoms with van der Waals surface area (Å²) >= 11 is 1.50. The van der Waals surface area contributed by atoms with Gasteiger partial charge in [-0.15, -0.1) is 11.3 Å². The molecule has 0 atom stereocenters. The van der Waals surface area contributed by atoms with Gasteiger partial charge in [0.25, 0.3) is 11.8 Å². The number of nitrogens with one attached hydrogen (secondary N) is 3. The van der Waals surface area contributed by atoms with Gasteiger partial charge in [0, 0.05) is 11.9 Å². The first kappa shape index (κ1) is 17.2. The van der Waals surface area contributed by atoms with Crippen LogP contribution in [0.15, 0.2) is 30.3 Å². The molecule has 1 aliphatic carbocycles. The fourth-order valence-corrected chi connectivity index (χ4v) is 3.98. The van der Waals surface area contributed by atoms with Crippen LogP contribution in [0.4, 0.5) is 5.69 Å². The highest BCUT2D eigenvalue weighted by Crippen LogP contribution is 2.30. The molecule has 0 radical (unpaired) electrons. The molecule has 3 amide bonds. The van der Waals surface area contributed by atoms with E-state index < -0.39 is 0 Å². The lowest BCUT2D eigenvalue weighted by Crippen LogP contribution is -2.33. The number of carbonyl (C=O) groups excluding carboxylic acids is 3. The summed E-state index contributed by atoms with van der Waals surface area (Å²) in [6.45, 7) is -0.149. The van der Waals surface area contributed by atoms with Crippen LogP contribution in [0.3, 0.4) is 0 Å². The van der Waals surface area contributed by atoms with Crippen LogP contribution in [0.25, 0.3) is 0 Å². The van der Waals surface area contributed by atoms with Crippen molar-refractivity contribution in [3.63, 3.8) is 0 Å². The van der Waals surface area contributed by atoms with Crippen LogP contribution in [0.5, 0.6) is 0 Å². The van der Waals surface area contributed by atoms with E-state index in [1.807, 2.05) is 6.07 Å². The number of para-hydroxylation sites is 1. The number of hydrogen-bond acceptors (Lipinski definition) is 4. The normalized spacial score (nSPS) is 12.4. The molecule has 0 unspecified atom stereocenters. The highest BCUT2D eigenvalue weighted by atomic mass is 32.1. The third kappa shape index (κ3) is 3.88. The molecule has 0 saturated carbocycles. The molecule has 130 valence electrons. The summed E-state index contributed by atoms with van der Waals surface area (Å²) in [4.78, 5) is 38.0. The third-order valence-electron chi connectivity index (χ3n) is 4.05. The van der Waals surface area contributed by atoms with E-state index in [0.29, 0.717) is 16.1 Å². The molecule has 7 heteroatoms. The van der Waals surface area contributed by atoms with Crippen molar-refractivity contribution in [3.8, 4) is 0 Å². The van der Waals surface area contributed by atoms with Crippen LogP contribution in [0.1, 0.15) is 36.9 Å². The lowest BCUT2D eigenvalue weighted by atomic mass is 10.1. The Hall–Kier alpha value is -2.67. The van der Waals surface area contributed by atoms with Crippen molar-refractivity contribution in [1.82, 2.24) is 10.6 Å². The number of amides is 3. The second-order valence-corrected chi connectivity index (χ2v) is 6.90. The molecule has 3 N–H and O–H groups in total. The largest absolute Gasteiger partial charge is 0.355 e. The van der Waals surface area contributed by atoms with Crippen LogP contribution in [0.2, 0.25) is 0 Å². The maximum absolute atomic E-state index is 12.2. The minimum Gasteiger partial charge on any atom is -0.355 e. The van der Waals surface area contributed by atoms with E-state index in [0.717, 1.165) is 19.3 Å². The van der Waals surface area contributed by atoms with Gasteiger partial charge in [0.2, 0.25) is 5.91 Å². The minimum absolute atomic E-state index is 0.149. The molecule has 0 aliphatic heterocycles. The molecule has 3 rings (SSSR count). The minimum atomic E-state index is -0.381. The maximum atomic E-state index is 12.2. The number of benzene rings is 1. The molecule has 0 fully saturated rings. The Labute approximate surface area is 149 Å². The van der Waals surface area contributed by atoms with Gasteiger partial charge in [-0.05, 0) is 43.0 Å². The topological polar surface area (TPSA) is 87.3 Å². The van der Waals surface area contributed by atoms with E-state index in [-0.39, 0.29) is 24.3 Å². The first-order valence-electron chi connectivity index (χ1n) is 8.09. The molecule has 6 nitrogen and oxygen atoms in total. The van der Waals surface area contributed by atoms with Crippen LogP contribution in [0, 0.1) is 0 Å². The fraction of sp³-hybridized carbons (Fsp3) is 0.278. The van der Waals surface area contributed by atoms with Gasteiger partial charge < -0.3 is 16.0 Å². The average molecular weight is 357 g/mol. The van der Waals surface area contributed by atoms with Gasteiger partial charge in [-0.1, -0.05) is 12.1 Å². The number of thiophene rings is 1. The summed E-state index contributed by atoms with van der Waals surface area (Å²) in [5, 5.41) is 7.82. The highest BCUT2D eigenvalue weighted by molar-refractivity contribution is 7.14. The molecule has 1 heterocycles. The van der Waals surface area contributed by atoms with Crippen molar-refractivity contribution in [2.75, 3.05) is 18.9 Å². The van der Waals surface area contributed by atoms with Crippen molar-refractivity contribution in [3.05, 3.63) is 51.2 Å². The monoisotopic (exact) mass is 357 g/mol. The van der Waals surface area contributed by atoms with E-state index in [4.69, 9.17) is 0 Å². The Bertz CT molecular complexity index is 807. The van der Waals surface area contributed by atoms with Gasteiger partial charge in [0.05, 0.1) is 22.7 Å². The van der Waals surface area contributed by atoms with Crippen molar-refractivity contribution in [1.29, 1.82) is 0 Å². The molecule has 1 aromatic heterocycles. The maximum Gasteiger partial charge on any atom is 0.261 e. The highest BCUT2D eigenvalue weighted by Gasteiger charge is 2.19. The first-order valence-corrected chi connectivity index (χ1v) is 8.91. The summed E-state index contributed by atoms with van der Waals surface area (Å²) in [6, 6.07) is 8.64. The molecule has 1 aliphatic rings. The third-order valence-corrected chi connectivity index (χ3v) is 5.29. The molecule has 2 aromatic rings. The average Bonchev–Trinajstić information content (AvgIpc) is 3.21. The van der Waals surface area contributed by atoms with Gasteiger partial charge >= 0.3 is 0 Å². The number of aryl methyl sites for hydroxylation is 2. The van der Waals surface area contributed by atoms with Crippen molar-refractivity contribution < 1.29 is 14.4 Å². The second-order valence-electron chi connectivity index (χ2n) is 5.77. The second kappa shape index (κ2) is 7.48. The Morgan fingerprint density at radius 2 is 1.92 bits per heavy atom. The molecular weight excluding hydrogens is 338 g/mol. The summed E-state index contributed by atoms with van der Waals surface area (Å²) < 4.78 is 0. The van der Waals surface area contributed by atoms with Crippen LogP contribution in [-0.4, -0.2) is 31.3 Å². The molecule has 1 aromatic carbocycles. The zero-order valence-electron chi connectivity index (χ0n) is 13.8. The van der Waals surface area contributed by atoms with Gasteiger partial charge in [0.15, 0.2) is 0 Å². The lowest BCUT2D eigenvalue weighted by Gasteiger charge is -2.10. The Balaban J connectivity index is 1.58. The van der Waals surface area contributed by atoms with E-state index in [1.54, 1.807) is 24.3 Å². The predicted molar refractivity (Wildman–Crippen MR) is 97.1 cm³/mol. The van der Waals surface area contributed by atoms with Gasteiger partial charge in [-0.3, -0.25) is 14.4 Å². The van der Waals surface area contributed by atoms with Gasteiger partial charge in [-0.25, -0.2) is 0 Å². The standard InChI is InChI=1S/C18H19N3O3S/c1-19-17(23)12-6-2-3-7-13(12)21-16(22)10-20-18(24)15-9-11-5-4-8-14(11)25-15/h2-3,6-7,9H,4-5,8,10H2,1H3,(H,19,23)(H,20,24)(H,21,22). The van der Waals surface area contributed by atoms with Crippen molar-refractivity contribution >= 4 is 34.7 Å². The van der Waals surface area contributed by atoms with Crippen LogP contribution in [-0.2, 0) is 17.6 Å². The fourth-order valence-electron chi connectivity index (χ4n) is 2.81. The van der Waals surface area contributed by atoms with Gasteiger partial charge in [0.1, 0.15) is 0 Å². The molecule has 0 bridgehead atoms. The molecule has 0 saturated heterocycles. The number of fused-ring (bicyclic) bond motifs is 1. The smallest absolute Gasteiger partial charge is 0.261 e. The summed E-state index contributed by atoms with van der Waals surface area (Å²) in [5.41, 5.74) is 2.04. The Kier molecular flexibility index (Phi) is 5.14. The summed E-state index contributed by atoms with van der Waals surface area (Å²) in [6.07, 6.45) is 3.20. The summed E-state index contributed by atoms with van der Waals surface area (Å²) in [7, 11) is 1.53. The van der Waals surface area contributed by atoms with Crippen LogP contribution >= 0.6 is 11.3 Å². The van der Waals surface area contributed by atoms with E-state index in [2.05, 4.69) is 16.0 Å². The SMILES string of the molecule is CNC(=O)c1ccccc1NC(=O)CNC(=O)c1cc2c(s1)CCC2. The number of hydrogen-bond donors (Lipinski definition) is 3. The number of carbonyl (C=O) groups is 3. The number of rotatable bonds is 5. The molecule has 25 heavy (non-hydrogen) atoms. The van der Waals surface area contributed by atoms with Crippen molar-refractivity contribution in [2.45, 2.75) is 19.3 Å². The van der Waals surface area contributed by atoms with Crippen molar-refractivity contribution in [2.24, 2.45) is 0 Å². The zero-order valence-corrected chi connectivity index (χ0v) is 14.7. The molecule has 0 spiro atoms. The first-order chi connectivity index (χ1) is 12.1. The zero-order chi connectivity index (χ0) is 17.8. The number of anilines is 1. The Morgan fingerprint density at radius 1 is 1.12 bits per heavy atom. The summed E-state index contributed by atoms with van der Waals surface area (Å²) in [5.74, 6) is -0.907. The van der Waals surface area contributed by atoms with E-state index in [1.165, 1.54) is 28.8 Å². The Morgan fingerprint density at radius 3 is 2.68 bits per heavy atom. The predicted octanol–water partition coefficient (Wildman–Crippen LogP) is 1.96. The van der Waals surface area contributed by atoms with Crippen LogP contribution < -0.4 is 16.0 Å². The van der Waals surface area contributed by atoms with E-state index >= 15 is 0 Å². The van der Waals surface area contributed by atoms with E-state index in [9.17, 15) is 14.4 Å². The quantitative estimate of drug-likeness (QED) is 0.764. The lowest BCUT2D eigenvalue weighted by molar-refractivity contribution is -0.115. The van der Waals surface area contributed by atoms with Gasteiger partial charge in [-0.2, -0.15) is 0 Å².